The summed E-state index contributed by atoms with van der Waals surface area (Å²) in [6.07, 6.45) is 0.945. The lowest BCUT2D eigenvalue weighted by Crippen LogP contribution is -2.53. The molecule has 176 valence electrons. The van der Waals surface area contributed by atoms with Crippen molar-refractivity contribution in [1.29, 1.82) is 0 Å². The summed E-state index contributed by atoms with van der Waals surface area (Å²) in [5.41, 5.74) is 4.20. The van der Waals surface area contributed by atoms with E-state index in [2.05, 4.69) is 10.4 Å². The molecule has 2 aliphatic heterocycles. The van der Waals surface area contributed by atoms with Gasteiger partial charge in [0.05, 0.1) is 29.0 Å². The van der Waals surface area contributed by atoms with Gasteiger partial charge in [-0.15, -0.1) is 0 Å². The quantitative estimate of drug-likeness (QED) is 0.559. The number of nitrogens with two attached hydrogens (primary N) is 1. The Bertz CT molecular complexity index is 1330. The Labute approximate surface area is 196 Å². The number of hydrogen-bond donors (Lipinski definition) is 2. The van der Waals surface area contributed by atoms with Gasteiger partial charge in [-0.25, -0.2) is 22.6 Å². The lowest BCUT2D eigenvalue weighted by Gasteiger charge is -2.45. The predicted molar refractivity (Wildman–Crippen MR) is 116 cm³/mol. The number of nitrogens with zero attached hydrogens (tertiary/aromatic N) is 3. The summed E-state index contributed by atoms with van der Waals surface area (Å²) in [5, 5.41) is 6.19. The highest BCUT2D eigenvalue weighted by molar-refractivity contribution is 6.31. The van der Waals surface area contributed by atoms with Crippen LogP contribution in [0.3, 0.4) is 0 Å². The second kappa shape index (κ2) is 7.94. The number of hydrogen-bond acceptors (Lipinski definition) is 5. The number of carbonyl (C=O) groups is 2. The van der Waals surface area contributed by atoms with Crippen molar-refractivity contribution in [3.05, 3.63) is 70.1 Å². The van der Waals surface area contributed by atoms with Gasteiger partial charge in [-0.3, -0.25) is 10.1 Å². The molecule has 34 heavy (non-hydrogen) atoms. The van der Waals surface area contributed by atoms with Crippen LogP contribution < -0.4 is 11.1 Å². The fourth-order valence-corrected chi connectivity index (χ4v) is 4.67. The van der Waals surface area contributed by atoms with Gasteiger partial charge >= 0.3 is 6.09 Å². The summed E-state index contributed by atoms with van der Waals surface area (Å²) in [6.45, 7) is 0.0734. The molecule has 3 heterocycles. The second-order valence-corrected chi connectivity index (χ2v) is 8.46. The van der Waals surface area contributed by atoms with Gasteiger partial charge in [-0.1, -0.05) is 17.7 Å². The average molecular weight is 492 g/mol. The third-order valence-corrected chi connectivity index (χ3v) is 6.30. The Kier molecular flexibility index (Phi) is 5.16. The zero-order valence-corrected chi connectivity index (χ0v) is 18.2. The minimum Gasteiger partial charge on any atom is -0.436 e. The summed E-state index contributed by atoms with van der Waals surface area (Å²) in [6, 6.07) is 6.05. The summed E-state index contributed by atoms with van der Waals surface area (Å²) in [7, 11) is 0. The number of carbonyl (C=O) groups excluding carboxylic acids is 2. The highest BCUT2D eigenvalue weighted by atomic mass is 35.5. The Balaban J connectivity index is 1.51. The number of halogens is 4. The molecular formula is C22H17ClF3N5O3. The van der Waals surface area contributed by atoms with E-state index in [1.807, 2.05) is 0 Å². The van der Waals surface area contributed by atoms with Crippen LogP contribution in [0.15, 0.2) is 36.5 Å². The van der Waals surface area contributed by atoms with Crippen LogP contribution in [0, 0.1) is 17.5 Å². The number of rotatable bonds is 2. The first-order valence-electron chi connectivity index (χ1n) is 10.3. The molecule has 0 bridgehead atoms. The highest BCUT2D eigenvalue weighted by Gasteiger charge is 2.49. The van der Waals surface area contributed by atoms with Gasteiger partial charge in [0.2, 0.25) is 0 Å². The lowest BCUT2D eigenvalue weighted by molar-refractivity contribution is -0.0418. The molecule has 5 rings (SSSR count). The number of anilines is 2. The maximum atomic E-state index is 15.1. The molecule has 1 fully saturated rings. The van der Waals surface area contributed by atoms with E-state index >= 15 is 4.39 Å². The van der Waals surface area contributed by atoms with Crippen LogP contribution in [0.25, 0.3) is 5.69 Å². The van der Waals surface area contributed by atoms with Gasteiger partial charge in [0, 0.05) is 6.54 Å². The summed E-state index contributed by atoms with van der Waals surface area (Å²) >= 11 is 5.97. The molecule has 0 aliphatic carbocycles. The number of aromatic nitrogens is 2. The Morgan fingerprint density at radius 2 is 1.94 bits per heavy atom. The molecule has 2 aliphatic rings. The lowest BCUT2D eigenvalue weighted by atomic mass is 9.83. The molecule has 1 spiro atoms. The maximum Gasteiger partial charge on any atom is 0.412 e. The van der Waals surface area contributed by atoms with E-state index in [1.165, 1.54) is 23.1 Å². The van der Waals surface area contributed by atoms with Crippen molar-refractivity contribution in [3.63, 3.8) is 0 Å². The van der Waals surface area contributed by atoms with E-state index in [0.717, 1.165) is 23.0 Å². The standard InChI is InChI=1S/C22H17ClF3N5O3/c23-12-5-6-15-16(17(12)26)22(34-21(33)29-15)7-2-8-30(10-22)20(32)11-9-28-31(19(11)27)18-13(24)3-1-4-14(18)25/h1,3-6,9H,2,7-8,10,27H2,(H,29,33)/t22-/m0/s1. The first-order valence-corrected chi connectivity index (χ1v) is 10.7. The van der Waals surface area contributed by atoms with Crippen LogP contribution >= 0.6 is 11.6 Å². The zero-order chi connectivity index (χ0) is 24.2. The molecular weight excluding hydrogens is 475 g/mol. The summed E-state index contributed by atoms with van der Waals surface area (Å²) in [5.74, 6) is -3.45. The number of amides is 2. The summed E-state index contributed by atoms with van der Waals surface area (Å²) in [4.78, 5) is 26.9. The van der Waals surface area contributed by atoms with Crippen molar-refractivity contribution in [2.75, 3.05) is 24.1 Å². The molecule has 1 atom stereocenters. The third-order valence-electron chi connectivity index (χ3n) is 6.00. The first kappa shape index (κ1) is 22.1. The molecule has 0 radical (unpaired) electrons. The average Bonchev–Trinajstić information content (AvgIpc) is 3.16. The smallest absolute Gasteiger partial charge is 0.412 e. The largest absolute Gasteiger partial charge is 0.436 e. The fraction of sp³-hybridized carbons (Fsp3) is 0.227. The van der Waals surface area contributed by atoms with E-state index in [4.69, 9.17) is 22.1 Å². The van der Waals surface area contributed by atoms with E-state index in [1.54, 1.807) is 0 Å². The van der Waals surface area contributed by atoms with Crippen LogP contribution in [0.1, 0.15) is 28.8 Å². The van der Waals surface area contributed by atoms with Crippen LogP contribution in [-0.4, -0.2) is 39.8 Å². The molecule has 0 unspecified atom stereocenters. The molecule has 1 aromatic heterocycles. The van der Waals surface area contributed by atoms with Gasteiger partial charge in [0.25, 0.3) is 5.91 Å². The van der Waals surface area contributed by atoms with Crippen LogP contribution in [0.5, 0.6) is 0 Å². The SMILES string of the molecule is Nc1c(C(=O)N2CCC[C@@]3(C2)OC(=O)Nc2ccc(Cl)c(F)c23)cnn1-c1c(F)cccc1F. The van der Waals surface area contributed by atoms with Crippen molar-refractivity contribution in [1.82, 2.24) is 14.7 Å². The van der Waals surface area contributed by atoms with Gasteiger partial charge in [0.15, 0.2) is 23.1 Å². The fourth-order valence-electron chi connectivity index (χ4n) is 4.51. The number of piperidine rings is 1. The molecule has 1 saturated heterocycles. The van der Waals surface area contributed by atoms with E-state index < -0.39 is 40.7 Å². The van der Waals surface area contributed by atoms with E-state index in [0.29, 0.717) is 6.42 Å². The Morgan fingerprint density at radius 3 is 2.68 bits per heavy atom. The third kappa shape index (κ3) is 3.35. The van der Waals surface area contributed by atoms with Crippen LogP contribution in [0.2, 0.25) is 5.02 Å². The van der Waals surface area contributed by atoms with Gasteiger partial charge in [0.1, 0.15) is 17.1 Å². The number of ether oxygens (including phenoxy) is 1. The number of nitrogens with one attached hydrogen (secondary N) is 1. The molecule has 8 nitrogen and oxygen atoms in total. The Hall–Kier alpha value is -3.73. The van der Waals surface area contributed by atoms with Crippen LogP contribution in [-0.2, 0) is 10.3 Å². The minimum absolute atomic E-state index is 0.0502. The van der Waals surface area contributed by atoms with Crippen LogP contribution in [0.4, 0.5) is 29.5 Å². The van der Waals surface area contributed by atoms with Crippen molar-refractivity contribution >= 4 is 35.1 Å². The van der Waals surface area contributed by atoms with Crippen molar-refractivity contribution in [3.8, 4) is 5.69 Å². The molecule has 0 saturated carbocycles. The predicted octanol–water partition coefficient (Wildman–Crippen LogP) is 4.22. The number of nitrogen functional groups attached to an aromatic ring is 1. The zero-order valence-electron chi connectivity index (χ0n) is 17.4. The van der Waals surface area contributed by atoms with Crippen molar-refractivity contribution in [2.24, 2.45) is 0 Å². The van der Waals surface area contributed by atoms with E-state index in [-0.39, 0.29) is 47.2 Å². The van der Waals surface area contributed by atoms with Crippen molar-refractivity contribution < 1.29 is 27.5 Å². The van der Waals surface area contributed by atoms with Gasteiger partial charge in [-0.2, -0.15) is 5.10 Å². The second-order valence-electron chi connectivity index (χ2n) is 8.05. The molecule has 3 N–H and O–H groups in total. The first-order chi connectivity index (χ1) is 16.2. The molecule has 12 heteroatoms. The summed E-state index contributed by atoms with van der Waals surface area (Å²) < 4.78 is 49.8. The molecule has 3 aromatic rings. The van der Waals surface area contributed by atoms with Gasteiger partial charge in [-0.05, 0) is 37.1 Å². The normalized spacial score (nSPS) is 19.5. The maximum absolute atomic E-state index is 15.1. The van der Waals surface area contributed by atoms with E-state index in [9.17, 15) is 18.4 Å². The topological polar surface area (TPSA) is 102 Å². The molecule has 2 amide bonds. The Morgan fingerprint density at radius 1 is 1.21 bits per heavy atom. The number of para-hydroxylation sites is 1. The van der Waals surface area contributed by atoms with Gasteiger partial charge < -0.3 is 15.4 Å². The highest BCUT2D eigenvalue weighted by Crippen LogP contribution is 2.45. The number of fused-ring (bicyclic) bond motifs is 2. The minimum atomic E-state index is -1.47. The molecule has 2 aromatic carbocycles. The number of likely N-dealkylation sites (tertiary alicyclic amines) is 1. The monoisotopic (exact) mass is 491 g/mol. The number of benzene rings is 2. The van der Waals surface area contributed by atoms with Crippen molar-refractivity contribution in [2.45, 2.75) is 18.4 Å².